The molecule has 0 radical (unpaired) electrons. The van der Waals surface area contributed by atoms with Crippen LogP contribution in [-0.2, 0) is 5.54 Å². The molecule has 42 heavy (non-hydrogen) atoms. The minimum atomic E-state index is -0.643. The van der Waals surface area contributed by atoms with E-state index in [0.29, 0.717) is 11.5 Å². The quantitative estimate of drug-likeness (QED) is 0.232. The van der Waals surface area contributed by atoms with Crippen molar-refractivity contribution in [3.05, 3.63) is 118 Å². The number of nitrogens with one attached hydrogen (secondary N) is 1. The zero-order valence-corrected chi connectivity index (χ0v) is 26.2. The van der Waals surface area contributed by atoms with Crippen LogP contribution in [0.4, 0.5) is 4.79 Å². The van der Waals surface area contributed by atoms with E-state index in [9.17, 15) is 4.79 Å². The largest absolute Gasteiger partial charge is 0.457 e. The molecule has 0 aliphatic heterocycles. The average Bonchev–Trinajstić information content (AvgIpc) is 2.90. The number of allylic oxidation sites excluding steroid dienone is 1. The van der Waals surface area contributed by atoms with Crippen LogP contribution in [0, 0.1) is 41.5 Å². The predicted octanol–water partition coefficient (Wildman–Crippen LogP) is 10.2. The molecule has 4 aromatic carbocycles. The van der Waals surface area contributed by atoms with Gasteiger partial charge in [-0.1, -0.05) is 48.6 Å². The monoisotopic (exact) mass is 563 g/mol. The molecule has 218 valence electrons. The van der Waals surface area contributed by atoms with E-state index in [2.05, 4.69) is 11.9 Å². The van der Waals surface area contributed by atoms with Crippen molar-refractivity contribution in [1.82, 2.24) is 5.32 Å². The van der Waals surface area contributed by atoms with Crippen molar-refractivity contribution in [2.45, 2.75) is 67.9 Å². The van der Waals surface area contributed by atoms with Crippen LogP contribution in [0.25, 0.3) is 5.57 Å². The number of carbonyl (C=O) groups is 1. The number of para-hydroxylation sites is 1. The van der Waals surface area contributed by atoms with E-state index < -0.39 is 11.6 Å². The average molecular weight is 564 g/mol. The highest BCUT2D eigenvalue weighted by molar-refractivity contribution is 5.73. The van der Waals surface area contributed by atoms with E-state index in [-0.39, 0.29) is 0 Å². The summed E-state index contributed by atoms with van der Waals surface area (Å²) in [4.78, 5) is 13.0. The van der Waals surface area contributed by atoms with Gasteiger partial charge in [-0.15, -0.1) is 0 Å². The Balaban J connectivity index is 1.49. The first-order valence-corrected chi connectivity index (χ1v) is 14.2. The van der Waals surface area contributed by atoms with Crippen LogP contribution in [-0.4, -0.2) is 6.09 Å². The Labute approximate surface area is 250 Å². The Morgan fingerprint density at radius 2 is 1.12 bits per heavy atom. The first kappa shape index (κ1) is 30.4. The van der Waals surface area contributed by atoms with Crippen LogP contribution in [0.3, 0.4) is 0 Å². The molecular weight excluding hydrogens is 522 g/mol. The Morgan fingerprint density at radius 3 is 1.62 bits per heavy atom. The van der Waals surface area contributed by atoms with Crippen LogP contribution >= 0.6 is 0 Å². The summed E-state index contributed by atoms with van der Waals surface area (Å²) in [6.45, 7) is 21.8. The second-order valence-electron chi connectivity index (χ2n) is 11.7. The zero-order chi connectivity index (χ0) is 30.8. The van der Waals surface area contributed by atoms with Gasteiger partial charge in [0.2, 0.25) is 0 Å². The molecule has 1 N–H and O–H groups in total. The molecule has 5 heteroatoms. The first-order chi connectivity index (χ1) is 19.7. The summed E-state index contributed by atoms with van der Waals surface area (Å²) in [7, 11) is 0. The standard InChI is InChI=1S/C37H41NO4/c1-22(2)29-15-12-16-30(21-29)37(9,10)38-36(39)42-35-27(7)19-32(20-28(35)8)41-34-25(5)17-31(18-26(34)6)40-33-23(3)13-11-14-24(33)4/h11-21H,1H2,2-10H3,(H,38,39). The lowest BCUT2D eigenvalue weighted by atomic mass is 9.92. The second-order valence-corrected chi connectivity index (χ2v) is 11.7. The maximum Gasteiger partial charge on any atom is 0.413 e. The van der Waals surface area contributed by atoms with Crippen LogP contribution in [0.5, 0.6) is 28.7 Å². The summed E-state index contributed by atoms with van der Waals surface area (Å²) < 4.78 is 18.4. The van der Waals surface area contributed by atoms with E-state index in [1.807, 2.05) is 129 Å². The van der Waals surface area contributed by atoms with Gasteiger partial charge in [0.15, 0.2) is 0 Å². The van der Waals surface area contributed by atoms with Crippen molar-refractivity contribution in [2.75, 3.05) is 0 Å². The van der Waals surface area contributed by atoms with Crippen molar-refractivity contribution < 1.29 is 19.0 Å². The first-order valence-electron chi connectivity index (χ1n) is 14.2. The van der Waals surface area contributed by atoms with E-state index >= 15 is 0 Å². The van der Waals surface area contributed by atoms with Crippen molar-refractivity contribution in [1.29, 1.82) is 0 Å². The normalized spacial score (nSPS) is 11.2. The minimum Gasteiger partial charge on any atom is -0.457 e. The third-order valence-corrected chi connectivity index (χ3v) is 7.40. The number of benzene rings is 4. The molecule has 5 nitrogen and oxygen atoms in total. The number of hydrogen-bond donors (Lipinski definition) is 1. The van der Waals surface area contributed by atoms with E-state index in [1.165, 1.54) is 0 Å². The summed E-state index contributed by atoms with van der Waals surface area (Å²) in [5.74, 6) is 3.60. The summed E-state index contributed by atoms with van der Waals surface area (Å²) >= 11 is 0. The van der Waals surface area contributed by atoms with Crippen molar-refractivity contribution in [3.63, 3.8) is 0 Å². The lowest BCUT2D eigenvalue weighted by molar-refractivity contribution is 0.188. The Morgan fingerprint density at radius 1 is 0.667 bits per heavy atom. The fourth-order valence-corrected chi connectivity index (χ4v) is 5.08. The molecule has 0 unspecified atom stereocenters. The Hall–Kier alpha value is -4.51. The molecule has 0 saturated heterocycles. The fourth-order valence-electron chi connectivity index (χ4n) is 5.08. The van der Waals surface area contributed by atoms with Gasteiger partial charge in [0.05, 0.1) is 5.54 Å². The van der Waals surface area contributed by atoms with Gasteiger partial charge in [-0.2, -0.15) is 0 Å². The molecule has 0 fully saturated rings. The topological polar surface area (TPSA) is 56.8 Å². The van der Waals surface area contributed by atoms with Crippen LogP contribution in [0.1, 0.15) is 65.3 Å². The van der Waals surface area contributed by atoms with Crippen molar-refractivity contribution in [3.8, 4) is 28.7 Å². The molecule has 0 spiro atoms. The third-order valence-electron chi connectivity index (χ3n) is 7.40. The van der Waals surface area contributed by atoms with E-state index in [1.54, 1.807) is 0 Å². The molecule has 0 aliphatic carbocycles. The van der Waals surface area contributed by atoms with Gasteiger partial charge in [-0.25, -0.2) is 4.79 Å². The third kappa shape index (κ3) is 6.85. The van der Waals surface area contributed by atoms with Gasteiger partial charge < -0.3 is 19.5 Å². The van der Waals surface area contributed by atoms with Crippen LogP contribution in [0.15, 0.2) is 73.3 Å². The molecule has 0 aliphatic rings. The van der Waals surface area contributed by atoms with Gasteiger partial charge in [0.1, 0.15) is 28.7 Å². The SMILES string of the molecule is C=C(C)c1cccc(C(C)(C)NC(=O)Oc2c(C)cc(Oc3c(C)cc(Oc4c(C)cccc4C)cc3C)cc2C)c1. The van der Waals surface area contributed by atoms with Gasteiger partial charge in [-0.05, 0) is 137 Å². The summed E-state index contributed by atoms with van der Waals surface area (Å²) in [5, 5.41) is 3.01. The Bertz CT molecular complexity index is 1600. The molecule has 0 aromatic heterocycles. The number of rotatable bonds is 8. The minimum absolute atomic E-state index is 0.511. The highest BCUT2D eigenvalue weighted by Gasteiger charge is 2.25. The molecule has 0 saturated carbocycles. The molecule has 0 atom stereocenters. The predicted molar refractivity (Wildman–Crippen MR) is 171 cm³/mol. The number of hydrogen-bond acceptors (Lipinski definition) is 4. The molecule has 1 amide bonds. The number of aryl methyl sites for hydroxylation is 6. The van der Waals surface area contributed by atoms with Gasteiger partial charge in [0.25, 0.3) is 0 Å². The highest BCUT2D eigenvalue weighted by atomic mass is 16.6. The van der Waals surface area contributed by atoms with E-state index in [0.717, 1.165) is 67.3 Å². The number of amides is 1. The molecule has 0 bridgehead atoms. The summed E-state index contributed by atoms with van der Waals surface area (Å²) in [6.07, 6.45) is -0.522. The lowest BCUT2D eigenvalue weighted by Gasteiger charge is -2.27. The zero-order valence-electron chi connectivity index (χ0n) is 26.2. The van der Waals surface area contributed by atoms with Gasteiger partial charge >= 0.3 is 6.09 Å². The van der Waals surface area contributed by atoms with Crippen molar-refractivity contribution >= 4 is 11.7 Å². The molecule has 4 aromatic rings. The number of ether oxygens (including phenoxy) is 3. The van der Waals surface area contributed by atoms with Crippen molar-refractivity contribution in [2.24, 2.45) is 0 Å². The molecular formula is C37H41NO4. The fraction of sp³-hybridized carbons (Fsp3) is 0.270. The lowest BCUT2D eigenvalue weighted by Crippen LogP contribution is -2.42. The van der Waals surface area contributed by atoms with Gasteiger partial charge in [-0.3, -0.25) is 0 Å². The maximum absolute atomic E-state index is 13.0. The second kappa shape index (κ2) is 12.2. The number of carbonyl (C=O) groups excluding carboxylic acids is 1. The Kier molecular flexibility index (Phi) is 8.81. The molecule has 4 rings (SSSR count). The summed E-state index contributed by atoms with van der Waals surface area (Å²) in [5.41, 5.74) is 8.03. The smallest absolute Gasteiger partial charge is 0.413 e. The summed E-state index contributed by atoms with van der Waals surface area (Å²) in [6, 6.07) is 21.9. The van der Waals surface area contributed by atoms with Gasteiger partial charge in [0, 0.05) is 0 Å². The van der Waals surface area contributed by atoms with Crippen LogP contribution < -0.4 is 19.5 Å². The van der Waals surface area contributed by atoms with Crippen LogP contribution in [0.2, 0.25) is 0 Å². The maximum atomic E-state index is 13.0. The molecule has 0 heterocycles. The van der Waals surface area contributed by atoms with E-state index in [4.69, 9.17) is 14.2 Å². The highest BCUT2D eigenvalue weighted by Crippen LogP contribution is 2.38.